The lowest BCUT2D eigenvalue weighted by atomic mass is 9.94. The van der Waals surface area contributed by atoms with Crippen LogP contribution in [-0.2, 0) is 9.47 Å². The van der Waals surface area contributed by atoms with Gasteiger partial charge in [0.1, 0.15) is 6.61 Å². The van der Waals surface area contributed by atoms with Gasteiger partial charge in [0.2, 0.25) is 0 Å². The Morgan fingerprint density at radius 2 is 1.85 bits per heavy atom. The van der Waals surface area contributed by atoms with Crippen LogP contribution >= 0.6 is 0 Å². The van der Waals surface area contributed by atoms with Gasteiger partial charge in [-0.1, -0.05) is 12.1 Å². The molecule has 0 aromatic heterocycles. The zero-order valence-corrected chi connectivity index (χ0v) is 12.0. The normalized spacial score (nSPS) is 17.7. The Kier molecular flexibility index (Phi) is 5.64. The third kappa shape index (κ3) is 3.85. The summed E-state index contributed by atoms with van der Waals surface area (Å²) in [5.41, 5.74) is 5.59. The van der Waals surface area contributed by atoms with Crippen molar-refractivity contribution in [3.63, 3.8) is 0 Å². The molecule has 1 fully saturated rings. The van der Waals surface area contributed by atoms with Crippen LogP contribution < -0.4 is 15.2 Å². The van der Waals surface area contributed by atoms with Gasteiger partial charge < -0.3 is 24.7 Å². The molecule has 1 heterocycles. The summed E-state index contributed by atoms with van der Waals surface area (Å²) in [7, 11) is 1.63. The molecule has 20 heavy (non-hydrogen) atoms. The predicted octanol–water partition coefficient (Wildman–Crippen LogP) is 1.60. The second kappa shape index (κ2) is 7.47. The number of benzene rings is 1. The van der Waals surface area contributed by atoms with Crippen molar-refractivity contribution < 1.29 is 18.9 Å². The minimum atomic E-state index is -0.248. The van der Waals surface area contributed by atoms with Crippen LogP contribution in [0.5, 0.6) is 11.5 Å². The largest absolute Gasteiger partial charge is 0.493 e. The molecule has 5 nitrogen and oxygen atoms in total. The van der Waals surface area contributed by atoms with Crippen LogP contribution in [0, 0.1) is 0 Å². The zero-order valence-electron chi connectivity index (χ0n) is 12.0. The number of methoxy groups -OCH3 is 1. The fourth-order valence-corrected chi connectivity index (χ4v) is 2.30. The van der Waals surface area contributed by atoms with Crippen LogP contribution in [0.4, 0.5) is 0 Å². The van der Waals surface area contributed by atoms with E-state index in [1.807, 2.05) is 24.3 Å². The average Bonchev–Trinajstić information content (AvgIpc) is 2.53. The summed E-state index contributed by atoms with van der Waals surface area (Å²) in [6.45, 7) is 2.93. The Bertz CT molecular complexity index is 405. The second-order valence-electron chi connectivity index (χ2n) is 4.85. The minimum Gasteiger partial charge on any atom is -0.493 e. The van der Waals surface area contributed by atoms with E-state index >= 15 is 0 Å². The molecule has 5 heteroatoms. The lowest BCUT2D eigenvalue weighted by molar-refractivity contribution is -0.109. The van der Waals surface area contributed by atoms with Crippen molar-refractivity contribution in [1.29, 1.82) is 0 Å². The van der Waals surface area contributed by atoms with Crippen LogP contribution in [0.15, 0.2) is 24.3 Å². The summed E-state index contributed by atoms with van der Waals surface area (Å²) < 4.78 is 22.2. The van der Waals surface area contributed by atoms with E-state index in [2.05, 4.69) is 0 Å². The van der Waals surface area contributed by atoms with Crippen LogP contribution in [0.2, 0.25) is 0 Å². The van der Waals surface area contributed by atoms with Gasteiger partial charge in [0.25, 0.3) is 0 Å². The Hall–Kier alpha value is -1.30. The summed E-state index contributed by atoms with van der Waals surface area (Å²) in [5, 5.41) is 0. The first-order valence-electron chi connectivity index (χ1n) is 6.97. The van der Waals surface area contributed by atoms with E-state index in [-0.39, 0.29) is 5.60 Å². The highest BCUT2D eigenvalue weighted by Gasteiger charge is 2.31. The first kappa shape index (κ1) is 15.1. The van der Waals surface area contributed by atoms with Gasteiger partial charge in [0.15, 0.2) is 11.5 Å². The quantitative estimate of drug-likeness (QED) is 0.769. The highest BCUT2D eigenvalue weighted by Crippen LogP contribution is 2.26. The fraction of sp³-hybridized carbons (Fsp3) is 0.600. The summed E-state index contributed by atoms with van der Waals surface area (Å²) in [5.74, 6) is 1.46. The molecule has 1 aliphatic rings. The SMILES string of the molecule is COc1ccccc1OCCOC1(CN)CCOCC1. The second-order valence-corrected chi connectivity index (χ2v) is 4.85. The number of hydrogen-bond acceptors (Lipinski definition) is 5. The van der Waals surface area contributed by atoms with Gasteiger partial charge in [0.05, 0.1) is 19.3 Å². The molecule has 1 aliphatic heterocycles. The van der Waals surface area contributed by atoms with E-state index in [9.17, 15) is 0 Å². The van der Waals surface area contributed by atoms with Crippen molar-refractivity contribution in [3.8, 4) is 11.5 Å². The molecule has 0 atom stereocenters. The van der Waals surface area contributed by atoms with E-state index in [0.717, 1.165) is 24.3 Å². The topological polar surface area (TPSA) is 62.9 Å². The van der Waals surface area contributed by atoms with Gasteiger partial charge in [-0.05, 0) is 12.1 Å². The molecule has 0 amide bonds. The first-order chi connectivity index (χ1) is 9.79. The van der Waals surface area contributed by atoms with Crippen LogP contribution in [-0.4, -0.2) is 45.7 Å². The van der Waals surface area contributed by atoms with Gasteiger partial charge in [-0.25, -0.2) is 0 Å². The van der Waals surface area contributed by atoms with Crippen molar-refractivity contribution in [2.75, 3.05) is 40.1 Å². The standard InChI is InChI=1S/C15H23NO4/c1-17-13-4-2-3-5-14(13)19-10-11-20-15(12-16)6-8-18-9-7-15/h2-5H,6-12,16H2,1H3. The van der Waals surface area contributed by atoms with E-state index in [1.165, 1.54) is 0 Å². The number of hydrogen-bond donors (Lipinski definition) is 1. The molecule has 0 bridgehead atoms. The molecule has 0 unspecified atom stereocenters. The van der Waals surface area contributed by atoms with Gasteiger partial charge in [-0.15, -0.1) is 0 Å². The van der Waals surface area contributed by atoms with Crippen LogP contribution in [0.3, 0.4) is 0 Å². The van der Waals surface area contributed by atoms with Crippen molar-refractivity contribution >= 4 is 0 Å². The van der Waals surface area contributed by atoms with Crippen molar-refractivity contribution in [3.05, 3.63) is 24.3 Å². The molecule has 0 radical (unpaired) electrons. The van der Waals surface area contributed by atoms with E-state index in [0.29, 0.717) is 33.0 Å². The lowest BCUT2D eigenvalue weighted by Crippen LogP contribution is -2.46. The maximum atomic E-state index is 5.94. The van der Waals surface area contributed by atoms with E-state index < -0.39 is 0 Å². The van der Waals surface area contributed by atoms with Gasteiger partial charge in [-0.2, -0.15) is 0 Å². The highest BCUT2D eigenvalue weighted by molar-refractivity contribution is 5.39. The molecule has 0 saturated carbocycles. The molecule has 112 valence electrons. The third-order valence-electron chi connectivity index (χ3n) is 3.59. The molecule has 1 aromatic rings. The molecular weight excluding hydrogens is 258 g/mol. The Labute approximate surface area is 120 Å². The molecule has 1 saturated heterocycles. The summed E-state index contributed by atoms with van der Waals surface area (Å²) in [6.07, 6.45) is 1.69. The Morgan fingerprint density at radius 1 is 1.15 bits per heavy atom. The molecule has 0 spiro atoms. The molecular formula is C15H23NO4. The third-order valence-corrected chi connectivity index (χ3v) is 3.59. The van der Waals surface area contributed by atoms with Crippen molar-refractivity contribution in [1.82, 2.24) is 0 Å². The minimum absolute atomic E-state index is 0.248. The summed E-state index contributed by atoms with van der Waals surface area (Å²) in [4.78, 5) is 0. The number of nitrogens with two attached hydrogens (primary N) is 1. The summed E-state index contributed by atoms with van der Waals surface area (Å²) in [6, 6.07) is 7.58. The monoisotopic (exact) mass is 281 g/mol. The molecule has 1 aromatic carbocycles. The van der Waals surface area contributed by atoms with Crippen LogP contribution in [0.25, 0.3) is 0 Å². The van der Waals surface area contributed by atoms with Crippen molar-refractivity contribution in [2.45, 2.75) is 18.4 Å². The van der Waals surface area contributed by atoms with E-state index in [4.69, 9.17) is 24.7 Å². The number of para-hydroxylation sites is 2. The van der Waals surface area contributed by atoms with Gasteiger partial charge >= 0.3 is 0 Å². The molecule has 2 rings (SSSR count). The first-order valence-corrected chi connectivity index (χ1v) is 6.97. The van der Waals surface area contributed by atoms with Crippen molar-refractivity contribution in [2.24, 2.45) is 5.73 Å². The van der Waals surface area contributed by atoms with E-state index in [1.54, 1.807) is 7.11 Å². The van der Waals surface area contributed by atoms with Crippen LogP contribution in [0.1, 0.15) is 12.8 Å². The smallest absolute Gasteiger partial charge is 0.161 e. The number of ether oxygens (including phenoxy) is 4. The number of rotatable bonds is 7. The van der Waals surface area contributed by atoms with Gasteiger partial charge in [0, 0.05) is 32.6 Å². The lowest BCUT2D eigenvalue weighted by Gasteiger charge is -2.36. The predicted molar refractivity (Wildman–Crippen MR) is 76.3 cm³/mol. The maximum Gasteiger partial charge on any atom is 0.161 e. The Morgan fingerprint density at radius 3 is 2.50 bits per heavy atom. The summed E-state index contributed by atoms with van der Waals surface area (Å²) >= 11 is 0. The molecule has 2 N–H and O–H groups in total. The zero-order chi connectivity index (χ0) is 14.3. The Balaban J connectivity index is 1.78. The fourth-order valence-electron chi connectivity index (χ4n) is 2.30. The van der Waals surface area contributed by atoms with Gasteiger partial charge in [-0.3, -0.25) is 0 Å². The average molecular weight is 281 g/mol. The maximum absolute atomic E-state index is 5.94. The highest BCUT2D eigenvalue weighted by atomic mass is 16.6. The molecule has 0 aliphatic carbocycles.